The van der Waals surface area contributed by atoms with Crippen molar-refractivity contribution in [2.45, 2.75) is 0 Å². The van der Waals surface area contributed by atoms with Crippen molar-refractivity contribution in [2.24, 2.45) is 0 Å². The highest BCUT2D eigenvalue weighted by Gasteiger charge is 2.22. The van der Waals surface area contributed by atoms with E-state index in [1.54, 1.807) is 14.2 Å². The maximum atomic E-state index is 5.25. The van der Waals surface area contributed by atoms with E-state index in [9.17, 15) is 0 Å². The molecule has 1 rings (SSSR count). The average molecular weight is 176 g/mol. The molecule has 0 aromatic carbocycles. The van der Waals surface area contributed by atoms with E-state index in [0.717, 1.165) is 26.2 Å². The second-order valence-corrected chi connectivity index (χ2v) is 4.85. The summed E-state index contributed by atoms with van der Waals surface area (Å²) in [5, 5.41) is 3.29. The second-order valence-electron chi connectivity index (χ2n) is 2.56. The van der Waals surface area contributed by atoms with Crippen molar-refractivity contribution in [1.82, 2.24) is 9.88 Å². The van der Waals surface area contributed by atoms with Crippen LogP contribution in [0.2, 0.25) is 0 Å². The third-order valence-electron chi connectivity index (χ3n) is 1.85. The summed E-state index contributed by atoms with van der Waals surface area (Å²) < 4.78 is 12.8. The summed E-state index contributed by atoms with van der Waals surface area (Å²) >= 11 is 0. The van der Waals surface area contributed by atoms with Crippen LogP contribution < -0.4 is 5.32 Å². The molecule has 0 aromatic rings. The first-order valence-corrected chi connectivity index (χ1v) is 5.34. The number of piperazine rings is 1. The molecule has 0 amide bonds. The van der Waals surface area contributed by atoms with Gasteiger partial charge in [-0.15, -0.1) is 0 Å². The van der Waals surface area contributed by atoms with Gasteiger partial charge in [0, 0.05) is 40.4 Å². The standard InChI is InChI=1S/C6H16N2O2Si/c1-9-11(10-2)8-5-3-7-4-6-8/h7,11H,3-6H2,1-2H3. The summed E-state index contributed by atoms with van der Waals surface area (Å²) in [5.41, 5.74) is 0. The summed E-state index contributed by atoms with van der Waals surface area (Å²) in [4.78, 5) is 0. The van der Waals surface area contributed by atoms with Crippen molar-refractivity contribution in [3.63, 3.8) is 0 Å². The van der Waals surface area contributed by atoms with Gasteiger partial charge >= 0.3 is 9.45 Å². The van der Waals surface area contributed by atoms with Crippen LogP contribution in [0.3, 0.4) is 0 Å². The molecule has 1 fully saturated rings. The maximum absolute atomic E-state index is 5.25. The van der Waals surface area contributed by atoms with Crippen LogP contribution in [0.5, 0.6) is 0 Å². The van der Waals surface area contributed by atoms with Gasteiger partial charge in [0.25, 0.3) is 0 Å². The minimum Gasteiger partial charge on any atom is -0.388 e. The number of hydrogen-bond acceptors (Lipinski definition) is 4. The number of nitrogens with one attached hydrogen (secondary N) is 1. The van der Waals surface area contributed by atoms with Crippen molar-refractivity contribution < 1.29 is 8.85 Å². The SMILES string of the molecule is CO[SiH](OC)N1CCNCC1. The molecule has 0 aliphatic carbocycles. The number of hydrogen-bond donors (Lipinski definition) is 1. The van der Waals surface area contributed by atoms with E-state index in [2.05, 4.69) is 9.88 Å². The zero-order chi connectivity index (χ0) is 8.10. The van der Waals surface area contributed by atoms with Gasteiger partial charge in [-0.1, -0.05) is 0 Å². The van der Waals surface area contributed by atoms with Crippen LogP contribution in [0, 0.1) is 0 Å². The molecule has 1 N–H and O–H groups in total. The Morgan fingerprint density at radius 2 is 1.73 bits per heavy atom. The highest BCUT2D eigenvalue weighted by molar-refractivity contribution is 6.40. The highest BCUT2D eigenvalue weighted by Crippen LogP contribution is 1.97. The smallest absolute Gasteiger partial charge is 0.388 e. The lowest BCUT2D eigenvalue weighted by atomic mass is 10.4. The third kappa shape index (κ3) is 2.53. The van der Waals surface area contributed by atoms with E-state index in [1.807, 2.05) is 0 Å². The Balaban J connectivity index is 2.30. The summed E-state index contributed by atoms with van der Waals surface area (Å²) in [7, 11) is 1.97. The van der Waals surface area contributed by atoms with Gasteiger partial charge in [0.2, 0.25) is 0 Å². The van der Waals surface area contributed by atoms with Gasteiger partial charge in [0.15, 0.2) is 0 Å². The van der Waals surface area contributed by atoms with E-state index < -0.39 is 9.45 Å². The Kier molecular flexibility index (Phi) is 4.02. The second kappa shape index (κ2) is 4.84. The number of rotatable bonds is 3. The Bertz CT molecular complexity index is 105. The van der Waals surface area contributed by atoms with Gasteiger partial charge in [-0.05, 0) is 0 Å². The molecular formula is C6H16N2O2Si. The van der Waals surface area contributed by atoms with Gasteiger partial charge in [-0.25, -0.2) is 0 Å². The lowest BCUT2D eigenvalue weighted by molar-refractivity contribution is 0.188. The molecule has 0 radical (unpaired) electrons. The first-order valence-electron chi connectivity index (χ1n) is 3.89. The lowest BCUT2D eigenvalue weighted by Gasteiger charge is -2.30. The molecule has 11 heavy (non-hydrogen) atoms. The fourth-order valence-electron chi connectivity index (χ4n) is 1.29. The van der Waals surface area contributed by atoms with Gasteiger partial charge in [-0.3, -0.25) is 4.57 Å². The Labute approximate surface area is 69.4 Å². The van der Waals surface area contributed by atoms with Crippen LogP contribution in [0.4, 0.5) is 0 Å². The van der Waals surface area contributed by atoms with Crippen LogP contribution in [0.15, 0.2) is 0 Å². The van der Waals surface area contributed by atoms with Crippen LogP contribution in [0.1, 0.15) is 0 Å². The fraction of sp³-hybridized carbons (Fsp3) is 1.00. The zero-order valence-corrected chi connectivity index (χ0v) is 8.32. The quantitative estimate of drug-likeness (QED) is 0.554. The lowest BCUT2D eigenvalue weighted by Crippen LogP contribution is -2.52. The zero-order valence-electron chi connectivity index (χ0n) is 7.17. The first-order chi connectivity index (χ1) is 5.38. The maximum Gasteiger partial charge on any atom is 0.410 e. The predicted octanol–water partition coefficient (Wildman–Crippen LogP) is -1.10. The van der Waals surface area contributed by atoms with E-state index in [-0.39, 0.29) is 0 Å². The normalized spacial score (nSPS) is 21.0. The van der Waals surface area contributed by atoms with E-state index in [1.165, 1.54) is 0 Å². The Morgan fingerprint density at radius 3 is 2.18 bits per heavy atom. The van der Waals surface area contributed by atoms with Crippen LogP contribution in [-0.2, 0) is 8.85 Å². The number of nitrogens with zero attached hydrogens (tertiary/aromatic N) is 1. The summed E-state index contributed by atoms with van der Waals surface area (Å²) in [5.74, 6) is 0. The van der Waals surface area contributed by atoms with Gasteiger partial charge in [0.05, 0.1) is 0 Å². The Hall–Kier alpha value is 0.0569. The molecule has 1 heterocycles. The molecule has 0 saturated carbocycles. The molecule has 5 heteroatoms. The van der Waals surface area contributed by atoms with Gasteiger partial charge < -0.3 is 14.2 Å². The van der Waals surface area contributed by atoms with Crippen molar-refractivity contribution in [3.05, 3.63) is 0 Å². The van der Waals surface area contributed by atoms with Crippen molar-refractivity contribution in [2.75, 3.05) is 40.4 Å². The molecule has 0 unspecified atom stereocenters. The Morgan fingerprint density at radius 1 is 1.18 bits per heavy atom. The van der Waals surface area contributed by atoms with Crippen molar-refractivity contribution in [1.29, 1.82) is 0 Å². The largest absolute Gasteiger partial charge is 0.410 e. The summed E-state index contributed by atoms with van der Waals surface area (Å²) in [6.07, 6.45) is 0. The summed E-state index contributed by atoms with van der Waals surface area (Å²) in [6, 6.07) is 0. The molecule has 4 nitrogen and oxygen atoms in total. The fourth-order valence-corrected chi connectivity index (χ4v) is 2.76. The topological polar surface area (TPSA) is 33.7 Å². The molecule has 0 aromatic heterocycles. The van der Waals surface area contributed by atoms with Crippen molar-refractivity contribution >= 4 is 9.45 Å². The third-order valence-corrected chi connectivity index (χ3v) is 3.77. The average Bonchev–Trinajstić information content (AvgIpc) is 2.09. The highest BCUT2D eigenvalue weighted by atomic mass is 28.3. The van der Waals surface area contributed by atoms with E-state index >= 15 is 0 Å². The molecule has 1 aliphatic rings. The monoisotopic (exact) mass is 176 g/mol. The van der Waals surface area contributed by atoms with E-state index in [0.29, 0.717) is 0 Å². The molecular weight excluding hydrogens is 160 g/mol. The molecule has 1 aliphatic heterocycles. The molecule has 0 spiro atoms. The van der Waals surface area contributed by atoms with Crippen LogP contribution in [0.25, 0.3) is 0 Å². The van der Waals surface area contributed by atoms with E-state index in [4.69, 9.17) is 8.85 Å². The molecule has 0 bridgehead atoms. The summed E-state index contributed by atoms with van der Waals surface area (Å²) in [6.45, 7) is 4.21. The van der Waals surface area contributed by atoms with Crippen LogP contribution >= 0.6 is 0 Å². The molecule has 66 valence electrons. The minimum absolute atomic E-state index is 1.05. The van der Waals surface area contributed by atoms with Gasteiger partial charge in [0.1, 0.15) is 0 Å². The first kappa shape index (κ1) is 9.15. The van der Waals surface area contributed by atoms with Crippen LogP contribution in [-0.4, -0.2) is 54.4 Å². The molecule has 1 saturated heterocycles. The molecule has 0 atom stereocenters. The predicted molar refractivity (Wildman–Crippen MR) is 45.6 cm³/mol. The van der Waals surface area contributed by atoms with Crippen molar-refractivity contribution in [3.8, 4) is 0 Å². The minimum atomic E-state index is -1.48. The van der Waals surface area contributed by atoms with Gasteiger partial charge in [-0.2, -0.15) is 0 Å².